The summed E-state index contributed by atoms with van der Waals surface area (Å²) >= 11 is 0. The summed E-state index contributed by atoms with van der Waals surface area (Å²) in [5.74, 6) is -0.754. The highest BCUT2D eigenvalue weighted by Crippen LogP contribution is 2.07. The molecule has 1 rings (SSSR count). The minimum absolute atomic E-state index is 0.245. The lowest BCUT2D eigenvalue weighted by Gasteiger charge is -1.93. The van der Waals surface area contributed by atoms with E-state index in [1.165, 1.54) is 0 Å². The van der Waals surface area contributed by atoms with Crippen molar-refractivity contribution in [2.24, 2.45) is 0 Å². The van der Waals surface area contributed by atoms with Crippen LogP contribution in [0.1, 0.15) is 6.55 Å². The van der Waals surface area contributed by atoms with Gasteiger partial charge in [0.25, 0.3) is 0 Å². The van der Waals surface area contributed by atoms with Gasteiger partial charge in [-0.3, -0.25) is 0 Å². The molecule has 0 N–H and O–H groups in total. The molecule has 0 amide bonds. The van der Waals surface area contributed by atoms with E-state index in [0.29, 0.717) is 6.20 Å². The molecule has 9 heavy (non-hydrogen) atoms. The van der Waals surface area contributed by atoms with E-state index in [1.54, 1.807) is 0 Å². The highest BCUT2D eigenvalue weighted by molar-refractivity contribution is 4.83. The number of rotatable bonds is 1. The molecule has 0 aliphatic carbocycles. The van der Waals surface area contributed by atoms with Crippen LogP contribution in [0, 0.1) is 5.82 Å². The maximum absolute atomic E-state index is 11.9. The van der Waals surface area contributed by atoms with Crippen molar-refractivity contribution in [3.8, 4) is 0 Å². The Morgan fingerprint density at radius 1 is 1.56 bits per heavy atom. The van der Waals surface area contributed by atoms with E-state index < -0.39 is 12.4 Å². The van der Waals surface area contributed by atoms with Crippen LogP contribution in [0.5, 0.6) is 0 Å². The second-order valence-electron chi connectivity index (χ2n) is 1.42. The van der Waals surface area contributed by atoms with E-state index in [-0.39, 0.29) is 4.68 Å². The van der Waals surface area contributed by atoms with Crippen LogP contribution in [0.25, 0.3) is 0 Å². The summed E-state index contributed by atoms with van der Waals surface area (Å²) in [6.45, 7) is -2.76. The van der Waals surface area contributed by atoms with Crippen LogP contribution < -0.4 is 0 Å². The van der Waals surface area contributed by atoms with Crippen molar-refractivity contribution >= 4 is 0 Å². The average Bonchev–Trinajstić information content (AvgIpc) is 2.14. The van der Waals surface area contributed by atoms with Crippen LogP contribution in [0.2, 0.25) is 0 Å². The van der Waals surface area contributed by atoms with Crippen LogP contribution in [0.4, 0.5) is 13.2 Å². The van der Waals surface area contributed by atoms with Gasteiger partial charge >= 0.3 is 6.55 Å². The quantitative estimate of drug-likeness (QED) is 0.570. The van der Waals surface area contributed by atoms with E-state index >= 15 is 0 Å². The average molecular weight is 136 g/mol. The fourth-order valence-electron chi connectivity index (χ4n) is 0.422. The third-order valence-corrected chi connectivity index (χ3v) is 0.770. The first kappa shape index (κ1) is 6.12. The Morgan fingerprint density at radius 2 is 2.22 bits per heavy atom. The molecular weight excluding hydrogens is 133 g/mol. The molecule has 1 aromatic heterocycles. The third kappa shape index (κ3) is 1.22. The number of aromatic nitrogens is 2. The van der Waals surface area contributed by atoms with Crippen molar-refractivity contribution in [2.75, 3.05) is 0 Å². The summed E-state index contributed by atoms with van der Waals surface area (Å²) in [6, 6.07) is 0. The second-order valence-corrected chi connectivity index (χ2v) is 1.42. The molecule has 0 aromatic carbocycles. The predicted molar refractivity (Wildman–Crippen MR) is 23.4 cm³/mol. The smallest absolute Gasteiger partial charge is 0.209 e. The summed E-state index contributed by atoms with van der Waals surface area (Å²) in [5, 5.41) is 3.01. The van der Waals surface area contributed by atoms with Crippen molar-refractivity contribution in [1.82, 2.24) is 9.78 Å². The first-order chi connectivity index (χ1) is 4.20. The number of nitrogens with zero attached hydrogens (tertiary/aromatic N) is 2. The van der Waals surface area contributed by atoms with E-state index in [4.69, 9.17) is 0 Å². The summed E-state index contributed by atoms with van der Waals surface area (Å²) in [4.78, 5) is 0. The van der Waals surface area contributed by atoms with Crippen molar-refractivity contribution < 1.29 is 13.2 Å². The Bertz CT molecular complexity index is 195. The van der Waals surface area contributed by atoms with Gasteiger partial charge in [-0.25, -0.2) is 9.07 Å². The lowest BCUT2D eigenvalue weighted by atomic mass is 10.7. The molecule has 0 bridgehead atoms. The lowest BCUT2D eigenvalue weighted by molar-refractivity contribution is 0.0562. The van der Waals surface area contributed by atoms with Crippen molar-refractivity contribution in [2.45, 2.75) is 6.55 Å². The molecule has 0 radical (unpaired) electrons. The Labute approximate surface area is 48.9 Å². The zero-order valence-electron chi connectivity index (χ0n) is 4.26. The highest BCUT2D eigenvalue weighted by atomic mass is 19.3. The summed E-state index contributed by atoms with van der Waals surface area (Å²) in [5.41, 5.74) is 0. The molecule has 0 unspecified atom stereocenters. The van der Waals surface area contributed by atoms with Crippen LogP contribution in [-0.4, -0.2) is 9.78 Å². The van der Waals surface area contributed by atoms with Gasteiger partial charge in [-0.2, -0.15) is 13.9 Å². The zero-order valence-corrected chi connectivity index (χ0v) is 4.26. The first-order valence-corrected chi connectivity index (χ1v) is 2.18. The Hall–Kier alpha value is -1.00. The predicted octanol–water partition coefficient (Wildman–Crippen LogP) is 1.42. The summed E-state index contributed by atoms with van der Waals surface area (Å²) in [6.07, 6.45) is 1.36. The molecular formula is C4H3F3N2. The molecule has 0 fully saturated rings. The topological polar surface area (TPSA) is 17.8 Å². The molecule has 0 saturated heterocycles. The Balaban J connectivity index is 2.85. The fraction of sp³-hybridized carbons (Fsp3) is 0.250. The second kappa shape index (κ2) is 2.08. The van der Waals surface area contributed by atoms with Gasteiger partial charge in [-0.1, -0.05) is 0 Å². The van der Waals surface area contributed by atoms with E-state index in [1.807, 2.05) is 0 Å². The van der Waals surface area contributed by atoms with Crippen LogP contribution in [0.15, 0.2) is 12.4 Å². The number of hydrogen-bond donors (Lipinski definition) is 0. The molecule has 0 atom stereocenters. The van der Waals surface area contributed by atoms with Crippen molar-refractivity contribution in [3.63, 3.8) is 0 Å². The van der Waals surface area contributed by atoms with Crippen LogP contribution in [0.3, 0.4) is 0 Å². The zero-order chi connectivity index (χ0) is 6.85. The van der Waals surface area contributed by atoms with Crippen molar-refractivity contribution in [1.29, 1.82) is 0 Å². The monoisotopic (exact) mass is 136 g/mol. The standard InChI is InChI=1S/C4H3F3N2/c5-3-1-8-9(2-3)4(6)7/h1-2,4H. The van der Waals surface area contributed by atoms with Gasteiger partial charge in [0.1, 0.15) is 0 Å². The minimum Gasteiger partial charge on any atom is -0.209 e. The van der Waals surface area contributed by atoms with Gasteiger partial charge in [0.05, 0.1) is 12.4 Å². The Kier molecular flexibility index (Phi) is 1.42. The maximum atomic E-state index is 11.9. The van der Waals surface area contributed by atoms with Crippen molar-refractivity contribution in [3.05, 3.63) is 18.2 Å². The van der Waals surface area contributed by atoms with Gasteiger partial charge in [-0.15, -0.1) is 0 Å². The van der Waals surface area contributed by atoms with Crippen LogP contribution in [-0.2, 0) is 0 Å². The maximum Gasteiger partial charge on any atom is 0.333 e. The minimum atomic E-state index is -2.76. The largest absolute Gasteiger partial charge is 0.333 e. The van der Waals surface area contributed by atoms with Crippen LogP contribution >= 0.6 is 0 Å². The van der Waals surface area contributed by atoms with Gasteiger partial charge in [0.15, 0.2) is 5.82 Å². The SMILES string of the molecule is Fc1cnn(C(F)F)c1. The molecule has 50 valence electrons. The molecule has 2 nitrogen and oxygen atoms in total. The van der Waals surface area contributed by atoms with E-state index in [0.717, 1.165) is 6.20 Å². The normalized spacial score (nSPS) is 10.7. The van der Waals surface area contributed by atoms with Gasteiger partial charge < -0.3 is 0 Å². The van der Waals surface area contributed by atoms with E-state index in [9.17, 15) is 13.2 Å². The molecule has 5 heteroatoms. The lowest BCUT2D eigenvalue weighted by Crippen LogP contribution is -1.96. The number of alkyl halides is 2. The molecule has 0 aliphatic rings. The third-order valence-electron chi connectivity index (χ3n) is 0.770. The summed E-state index contributed by atoms with van der Waals surface area (Å²) < 4.78 is 35.1. The number of hydrogen-bond acceptors (Lipinski definition) is 1. The summed E-state index contributed by atoms with van der Waals surface area (Å²) in [7, 11) is 0. The first-order valence-electron chi connectivity index (χ1n) is 2.18. The molecule has 1 aromatic rings. The molecule has 0 saturated carbocycles. The van der Waals surface area contributed by atoms with Gasteiger partial charge in [0, 0.05) is 0 Å². The molecule has 0 spiro atoms. The Morgan fingerprint density at radius 3 is 2.44 bits per heavy atom. The highest BCUT2D eigenvalue weighted by Gasteiger charge is 2.05. The number of halogens is 3. The molecule has 0 aliphatic heterocycles. The van der Waals surface area contributed by atoms with E-state index in [2.05, 4.69) is 5.10 Å². The van der Waals surface area contributed by atoms with Gasteiger partial charge in [0.2, 0.25) is 0 Å². The molecule has 1 heterocycles. The van der Waals surface area contributed by atoms with Gasteiger partial charge in [-0.05, 0) is 0 Å². The fourth-order valence-corrected chi connectivity index (χ4v) is 0.422.